The lowest BCUT2D eigenvalue weighted by Crippen LogP contribution is -1.85. The third-order valence-electron chi connectivity index (χ3n) is 2.26. The molecule has 18 heavy (non-hydrogen) atoms. The van der Waals surface area contributed by atoms with Crippen LogP contribution >= 0.6 is 46.1 Å². The second-order valence-electron chi connectivity index (χ2n) is 3.40. The van der Waals surface area contributed by atoms with Gasteiger partial charge in [-0.05, 0) is 29.6 Å². The molecule has 0 aliphatic heterocycles. The molecular weight excluding hydrogens is 309 g/mol. The highest BCUT2D eigenvalue weighted by Crippen LogP contribution is 2.36. The van der Waals surface area contributed by atoms with Gasteiger partial charge in [0.05, 0.1) is 10.6 Å². The molecule has 0 atom stereocenters. The molecule has 0 unspecified atom stereocenters. The molecule has 0 fully saturated rings. The van der Waals surface area contributed by atoms with E-state index in [1.165, 1.54) is 11.3 Å². The molecule has 0 aliphatic carbocycles. The topological polar surface area (TPSA) is 23.8 Å². The highest BCUT2D eigenvalue weighted by atomic mass is 35.5. The van der Waals surface area contributed by atoms with E-state index in [0.29, 0.717) is 26.2 Å². The van der Waals surface area contributed by atoms with Gasteiger partial charge < -0.3 is 0 Å². The molecular formula is C13H6Cl3NS. The summed E-state index contributed by atoms with van der Waals surface area (Å²) in [5.41, 5.74) is 0.964. The van der Waals surface area contributed by atoms with Crippen LogP contribution in [0.5, 0.6) is 0 Å². The van der Waals surface area contributed by atoms with Crippen LogP contribution in [0.15, 0.2) is 35.7 Å². The van der Waals surface area contributed by atoms with E-state index in [2.05, 4.69) is 6.07 Å². The minimum Gasteiger partial charge on any atom is -0.192 e. The zero-order chi connectivity index (χ0) is 13.1. The number of thiophene rings is 1. The van der Waals surface area contributed by atoms with Gasteiger partial charge in [-0.1, -0.05) is 40.9 Å². The first-order valence-corrected chi connectivity index (χ1v) is 6.94. The Morgan fingerprint density at radius 1 is 1.22 bits per heavy atom. The molecule has 0 aliphatic rings. The fourth-order valence-electron chi connectivity index (χ4n) is 1.43. The molecule has 0 amide bonds. The normalized spacial score (nSPS) is 11.9. The number of halogens is 3. The summed E-state index contributed by atoms with van der Waals surface area (Å²) in [6.07, 6.45) is 0. The molecule has 5 heteroatoms. The van der Waals surface area contributed by atoms with E-state index < -0.39 is 0 Å². The van der Waals surface area contributed by atoms with Gasteiger partial charge in [-0.15, -0.1) is 11.3 Å². The van der Waals surface area contributed by atoms with Crippen molar-refractivity contribution in [2.24, 2.45) is 0 Å². The van der Waals surface area contributed by atoms with Crippen molar-refractivity contribution in [1.82, 2.24) is 0 Å². The second kappa shape index (κ2) is 5.77. The van der Waals surface area contributed by atoms with Crippen LogP contribution in [0, 0.1) is 11.3 Å². The van der Waals surface area contributed by atoms with Gasteiger partial charge in [0.1, 0.15) is 6.07 Å². The third kappa shape index (κ3) is 2.71. The van der Waals surface area contributed by atoms with Crippen LogP contribution in [0.4, 0.5) is 0 Å². The van der Waals surface area contributed by atoms with Crippen LogP contribution in [0.2, 0.25) is 10.0 Å². The van der Waals surface area contributed by atoms with Crippen LogP contribution in [0.25, 0.3) is 10.6 Å². The molecule has 1 nitrogen and oxygen atoms in total. The molecule has 0 spiro atoms. The van der Waals surface area contributed by atoms with E-state index in [1.54, 1.807) is 18.2 Å². The van der Waals surface area contributed by atoms with E-state index in [-0.39, 0.29) is 0 Å². The second-order valence-corrected chi connectivity index (χ2v) is 5.57. The standard InChI is InChI=1S/C13H6Cl3NS/c14-8-3-4-11(15)9(6-8)13(16)10(7-17)12-2-1-5-18-12/h1-6H. The van der Waals surface area contributed by atoms with E-state index in [4.69, 9.17) is 34.8 Å². The molecule has 0 saturated heterocycles. The monoisotopic (exact) mass is 313 g/mol. The van der Waals surface area contributed by atoms with Gasteiger partial charge in [-0.2, -0.15) is 5.26 Å². The largest absolute Gasteiger partial charge is 0.192 e. The minimum absolute atomic E-state index is 0.312. The first-order valence-electron chi connectivity index (χ1n) is 4.92. The van der Waals surface area contributed by atoms with E-state index in [9.17, 15) is 5.26 Å². The maximum absolute atomic E-state index is 9.23. The number of benzene rings is 1. The highest BCUT2D eigenvalue weighted by Gasteiger charge is 2.13. The molecule has 0 bridgehead atoms. The lowest BCUT2D eigenvalue weighted by Gasteiger charge is -2.05. The quantitative estimate of drug-likeness (QED) is 0.654. The third-order valence-corrected chi connectivity index (χ3v) is 4.11. The predicted molar refractivity (Wildman–Crippen MR) is 79.1 cm³/mol. The Morgan fingerprint density at radius 3 is 2.61 bits per heavy atom. The first kappa shape index (κ1) is 13.5. The van der Waals surface area contributed by atoms with Crippen molar-refractivity contribution >= 4 is 56.7 Å². The first-order chi connectivity index (χ1) is 8.63. The van der Waals surface area contributed by atoms with Crippen LogP contribution in [0.1, 0.15) is 10.4 Å². The van der Waals surface area contributed by atoms with Crippen molar-refractivity contribution in [2.45, 2.75) is 0 Å². The Labute approximate surface area is 124 Å². The van der Waals surface area contributed by atoms with E-state index >= 15 is 0 Å². The smallest absolute Gasteiger partial charge is 0.102 e. The van der Waals surface area contributed by atoms with Crippen molar-refractivity contribution in [3.63, 3.8) is 0 Å². The average Bonchev–Trinajstić information content (AvgIpc) is 2.87. The number of nitrogens with zero attached hydrogens (tertiary/aromatic N) is 1. The predicted octanol–water partition coefficient (Wildman–Crippen LogP) is 5.69. The maximum Gasteiger partial charge on any atom is 0.102 e. The molecule has 2 aromatic rings. The summed E-state index contributed by atoms with van der Waals surface area (Å²) in [4.78, 5) is 0.804. The Morgan fingerprint density at radius 2 is 2.00 bits per heavy atom. The van der Waals surface area contributed by atoms with Crippen molar-refractivity contribution < 1.29 is 0 Å². The summed E-state index contributed by atoms with van der Waals surface area (Å²) in [7, 11) is 0. The van der Waals surface area contributed by atoms with Crippen LogP contribution in [-0.4, -0.2) is 0 Å². The van der Waals surface area contributed by atoms with Crippen LogP contribution in [0.3, 0.4) is 0 Å². The molecule has 1 aromatic carbocycles. The van der Waals surface area contributed by atoms with E-state index in [0.717, 1.165) is 4.88 Å². The summed E-state index contributed by atoms with van der Waals surface area (Å²) >= 11 is 19.7. The summed E-state index contributed by atoms with van der Waals surface area (Å²) in [6.45, 7) is 0. The molecule has 0 radical (unpaired) electrons. The lowest BCUT2D eigenvalue weighted by atomic mass is 10.1. The van der Waals surface area contributed by atoms with Gasteiger partial charge in [0.15, 0.2) is 0 Å². The maximum atomic E-state index is 9.23. The van der Waals surface area contributed by atoms with Gasteiger partial charge in [-0.25, -0.2) is 0 Å². The van der Waals surface area contributed by atoms with Crippen molar-refractivity contribution in [1.29, 1.82) is 5.26 Å². The molecule has 0 N–H and O–H groups in total. The lowest BCUT2D eigenvalue weighted by molar-refractivity contribution is 1.54. The SMILES string of the molecule is N#CC(=C(Cl)c1cc(Cl)ccc1Cl)c1cccs1. The van der Waals surface area contributed by atoms with Gasteiger partial charge in [0.25, 0.3) is 0 Å². The Balaban J connectivity index is 2.62. The van der Waals surface area contributed by atoms with Gasteiger partial charge in [0, 0.05) is 20.5 Å². The van der Waals surface area contributed by atoms with Crippen molar-refractivity contribution in [2.75, 3.05) is 0 Å². The number of hydrogen-bond donors (Lipinski definition) is 0. The Kier molecular flexibility index (Phi) is 4.31. The summed E-state index contributed by atoms with van der Waals surface area (Å²) in [5.74, 6) is 0. The summed E-state index contributed by atoms with van der Waals surface area (Å²) in [6, 6.07) is 10.8. The molecule has 1 heterocycles. The van der Waals surface area contributed by atoms with Gasteiger partial charge >= 0.3 is 0 Å². The Hall–Kier alpha value is -0.980. The van der Waals surface area contributed by atoms with Crippen molar-refractivity contribution in [3.8, 4) is 6.07 Å². The number of allylic oxidation sites excluding steroid dienone is 1. The zero-order valence-corrected chi connectivity index (χ0v) is 12.0. The fourth-order valence-corrected chi connectivity index (χ4v) is 2.95. The fraction of sp³-hybridized carbons (Fsp3) is 0. The molecule has 2 rings (SSSR count). The zero-order valence-electron chi connectivity index (χ0n) is 8.95. The average molecular weight is 315 g/mol. The van der Waals surface area contributed by atoms with Gasteiger partial charge in [-0.3, -0.25) is 0 Å². The summed E-state index contributed by atoms with van der Waals surface area (Å²) < 4.78 is 0. The molecule has 90 valence electrons. The molecule has 0 saturated carbocycles. The van der Waals surface area contributed by atoms with Crippen LogP contribution < -0.4 is 0 Å². The Bertz CT molecular complexity index is 639. The van der Waals surface area contributed by atoms with Gasteiger partial charge in [0.2, 0.25) is 0 Å². The van der Waals surface area contributed by atoms with E-state index in [1.807, 2.05) is 17.5 Å². The minimum atomic E-state index is 0.312. The number of nitriles is 1. The highest BCUT2D eigenvalue weighted by molar-refractivity contribution is 7.11. The molecule has 1 aromatic heterocycles. The van der Waals surface area contributed by atoms with Crippen molar-refractivity contribution in [3.05, 3.63) is 56.2 Å². The van der Waals surface area contributed by atoms with Crippen LogP contribution in [-0.2, 0) is 0 Å². The summed E-state index contributed by atoms with van der Waals surface area (Å²) in [5, 5.41) is 12.4. The number of rotatable bonds is 2. The number of hydrogen-bond acceptors (Lipinski definition) is 2.